The van der Waals surface area contributed by atoms with E-state index in [9.17, 15) is 13.2 Å². The third-order valence-corrected chi connectivity index (χ3v) is 6.54. The van der Waals surface area contributed by atoms with E-state index >= 15 is 0 Å². The maximum Gasteiger partial charge on any atom is 0.327 e. The van der Waals surface area contributed by atoms with Crippen LogP contribution in [0.4, 0.5) is 0 Å². The second kappa shape index (κ2) is 7.56. The molecule has 0 saturated heterocycles. The molecule has 0 N–H and O–H groups in total. The van der Waals surface area contributed by atoms with Gasteiger partial charge in [0.05, 0.1) is 12.3 Å². The Morgan fingerprint density at radius 3 is 2.48 bits per heavy atom. The van der Waals surface area contributed by atoms with Crippen molar-refractivity contribution in [1.82, 2.24) is 0 Å². The Balaban J connectivity index is 2.12. The second-order valence-corrected chi connectivity index (χ2v) is 8.89. The van der Waals surface area contributed by atoms with Gasteiger partial charge in [0.1, 0.15) is 6.10 Å². The molecule has 1 aromatic rings. The molecular weight excluding hydrogens is 342 g/mol. The van der Waals surface area contributed by atoms with Crippen LogP contribution in [-0.4, -0.2) is 43.8 Å². The molecule has 6 nitrogen and oxygen atoms in total. The average molecular weight is 367 g/mol. The molecule has 0 aromatic heterocycles. The van der Waals surface area contributed by atoms with Gasteiger partial charge in [0, 0.05) is 19.1 Å². The van der Waals surface area contributed by atoms with Crippen molar-refractivity contribution in [3.05, 3.63) is 35.4 Å². The third-order valence-electron chi connectivity index (χ3n) is 4.57. The van der Waals surface area contributed by atoms with E-state index in [1.807, 2.05) is 24.3 Å². The molecule has 0 saturated carbocycles. The highest BCUT2D eigenvalue weighted by molar-refractivity contribution is 7.92. The summed E-state index contributed by atoms with van der Waals surface area (Å²) in [5, 5.41) is 4.08. The van der Waals surface area contributed by atoms with Crippen LogP contribution in [-0.2, 0) is 30.6 Å². The maximum absolute atomic E-state index is 12.2. The van der Waals surface area contributed by atoms with E-state index in [1.54, 1.807) is 6.92 Å². The zero-order chi connectivity index (χ0) is 18.7. The molecule has 1 aromatic carbocycles. The van der Waals surface area contributed by atoms with Gasteiger partial charge in [0.25, 0.3) is 0 Å². The Bertz CT molecular complexity index is 754. The molecular formula is C18H25NO5S. The number of oxime groups is 1. The van der Waals surface area contributed by atoms with E-state index < -0.39 is 26.7 Å². The molecule has 0 aliphatic carbocycles. The lowest BCUT2D eigenvalue weighted by atomic mass is 9.96. The molecule has 25 heavy (non-hydrogen) atoms. The van der Waals surface area contributed by atoms with Crippen molar-refractivity contribution in [3.63, 3.8) is 0 Å². The van der Waals surface area contributed by atoms with Gasteiger partial charge >= 0.3 is 5.97 Å². The SMILES string of the molecule is CCOC(=O)[C@@](C)(CC1CC(c2ccc(CC)cc2)=NO1)S(C)(=O)=O. The third kappa shape index (κ3) is 4.21. The quantitative estimate of drug-likeness (QED) is 0.692. The number of nitrogens with zero attached hydrogens (tertiary/aromatic N) is 1. The minimum atomic E-state index is -3.67. The van der Waals surface area contributed by atoms with Gasteiger partial charge in [-0.05, 0) is 31.4 Å². The van der Waals surface area contributed by atoms with Crippen LogP contribution in [0.2, 0.25) is 0 Å². The lowest BCUT2D eigenvalue weighted by molar-refractivity contribution is -0.146. The Morgan fingerprint density at radius 2 is 1.96 bits per heavy atom. The van der Waals surface area contributed by atoms with Crippen LogP contribution in [0.15, 0.2) is 29.4 Å². The highest BCUT2D eigenvalue weighted by atomic mass is 32.2. The van der Waals surface area contributed by atoms with Gasteiger partial charge in [-0.15, -0.1) is 0 Å². The smallest absolute Gasteiger partial charge is 0.327 e. The number of aryl methyl sites for hydroxylation is 1. The number of sulfone groups is 1. The van der Waals surface area contributed by atoms with Crippen LogP contribution in [0.3, 0.4) is 0 Å². The summed E-state index contributed by atoms with van der Waals surface area (Å²) in [6.07, 6.45) is 1.98. The van der Waals surface area contributed by atoms with Crippen molar-refractivity contribution >= 4 is 21.5 Å². The average Bonchev–Trinajstić information content (AvgIpc) is 3.02. The predicted molar refractivity (Wildman–Crippen MR) is 96.3 cm³/mol. The van der Waals surface area contributed by atoms with Gasteiger partial charge in [-0.25, -0.2) is 8.42 Å². The molecule has 0 spiro atoms. The zero-order valence-corrected chi connectivity index (χ0v) is 15.9. The number of benzene rings is 1. The summed E-state index contributed by atoms with van der Waals surface area (Å²) in [6.45, 7) is 5.25. The van der Waals surface area contributed by atoms with Crippen molar-refractivity contribution in [1.29, 1.82) is 0 Å². The van der Waals surface area contributed by atoms with E-state index in [-0.39, 0.29) is 13.0 Å². The molecule has 7 heteroatoms. The first-order valence-corrected chi connectivity index (χ1v) is 10.3. The van der Waals surface area contributed by atoms with Crippen LogP contribution in [0.1, 0.15) is 44.7 Å². The van der Waals surface area contributed by atoms with Crippen molar-refractivity contribution in [3.8, 4) is 0 Å². The molecule has 0 amide bonds. The monoisotopic (exact) mass is 367 g/mol. The van der Waals surface area contributed by atoms with Crippen LogP contribution in [0, 0.1) is 0 Å². The van der Waals surface area contributed by atoms with E-state index in [1.165, 1.54) is 12.5 Å². The van der Waals surface area contributed by atoms with E-state index in [0.29, 0.717) is 6.42 Å². The largest absolute Gasteiger partial charge is 0.465 e. The number of carbonyl (C=O) groups excluding carboxylic acids is 1. The van der Waals surface area contributed by atoms with Crippen LogP contribution in [0.25, 0.3) is 0 Å². The summed E-state index contributed by atoms with van der Waals surface area (Å²) in [6, 6.07) is 8.02. The normalized spacial score (nSPS) is 19.7. The minimum Gasteiger partial charge on any atom is -0.465 e. The zero-order valence-electron chi connectivity index (χ0n) is 15.1. The van der Waals surface area contributed by atoms with E-state index in [0.717, 1.165) is 24.0 Å². The first-order valence-electron chi connectivity index (χ1n) is 8.40. The Kier molecular flexibility index (Phi) is 5.87. The highest BCUT2D eigenvalue weighted by Crippen LogP contribution is 2.30. The molecule has 138 valence electrons. The van der Waals surface area contributed by atoms with Gasteiger partial charge in [0.2, 0.25) is 0 Å². The first kappa shape index (κ1) is 19.4. The van der Waals surface area contributed by atoms with Crippen molar-refractivity contribution in [2.75, 3.05) is 12.9 Å². The topological polar surface area (TPSA) is 82.0 Å². The molecule has 2 atom stereocenters. The Morgan fingerprint density at radius 1 is 1.32 bits per heavy atom. The Hall–Kier alpha value is -1.89. The van der Waals surface area contributed by atoms with Crippen molar-refractivity contribution in [2.24, 2.45) is 5.16 Å². The predicted octanol–water partition coefficient (Wildman–Crippen LogP) is 2.50. The van der Waals surface area contributed by atoms with Gasteiger partial charge in [0.15, 0.2) is 14.6 Å². The standard InChI is InChI=1S/C18H25NO5S/c1-5-13-7-9-14(10-8-13)16-11-15(24-19-16)12-18(3,25(4,21)22)17(20)23-6-2/h7-10,15H,5-6,11-12H2,1-4H3/t15?,18-/m1/s1. The van der Waals surface area contributed by atoms with E-state index in [2.05, 4.69) is 12.1 Å². The number of carbonyl (C=O) groups is 1. The lowest BCUT2D eigenvalue weighted by Gasteiger charge is -2.27. The number of hydrogen-bond acceptors (Lipinski definition) is 6. The maximum atomic E-state index is 12.2. The fraction of sp³-hybridized carbons (Fsp3) is 0.556. The summed E-state index contributed by atoms with van der Waals surface area (Å²) in [5.41, 5.74) is 2.93. The number of ether oxygens (including phenoxy) is 1. The van der Waals surface area contributed by atoms with Crippen molar-refractivity contribution in [2.45, 2.75) is 50.9 Å². The molecule has 0 bridgehead atoms. The van der Waals surface area contributed by atoms with E-state index in [4.69, 9.17) is 9.57 Å². The van der Waals surface area contributed by atoms with Crippen LogP contribution >= 0.6 is 0 Å². The molecule has 0 fully saturated rings. The fourth-order valence-electron chi connectivity index (χ4n) is 2.75. The minimum absolute atomic E-state index is 0.00467. The molecule has 0 radical (unpaired) electrons. The van der Waals surface area contributed by atoms with Gasteiger partial charge in [-0.1, -0.05) is 36.3 Å². The van der Waals surface area contributed by atoms with Crippen LogP contribution in [0.5, 0.6) is 0 Å². The molecule has 1 heterocycles. The second-order valence-electron chi connectivity index (χ2n) is 6.45. The Labute approximate surface area is 149 Å². The summed E-state index contributed by atoms with van der Waals surface area (Å²) < 4.78 is 27.7. The molecule has 1 aliphatic heterocycles. The molecule has 2 rings (SSSR count). The summed E-state index contributed by atoms with van der Waals surface area (Å²) in [7, 11) is -3.67. The van der Waals surface area contributed by atoms with Gasteiger partial charge in [-0.2, -0.15) is 0 Å². The number of hydrogen-bond donors (Lipinski definition) is 0. The summed E-state index contributed by atoms with van der Waals surface area (Å²) >= 11 is 0. The first-order chi connectivity index (χ1) is 11.7. The van der Waals surface area contributed by atoms with Gasteiger partial charge in [-0.3, -0.25) is 4.79 Å². The summed E-state index contributed by atoms with van der Waals surface area (Å²) in [4.78, 5) is 17.6. The number of esters is 1. The van der Waals surface area contributed by atoms with Crippen molar-refractivity contribution < 1.29 is 22.8 Å². The fourth-order valence-corrected chi connectivity index (χ4v) is 3.60. The molecule has 1 unspecified atom stereocenters. The number of rotatable bonds is 7. The van der Waals surface area contributed by atoms with Crippen LogP contribution < -0.4 is 0 Å². The lowest BCUT2D eigenvalue weighted by Crippen LogP contribution is -2.47. The highest BCUT2D eigenvalue weighted by Gasteiger charge is 2.48. The summed E-state index contributed by atoms with van der Waals surface area (Å²) in [5.74, 6) is -0.748. The molecule has 1 aliphatic rings. The van der Waals surface area contributed by atoms with Gasteiger partial charge < -0.3 is 9.57 Å².